The van der Waals surface area contributed by atoms with Crippen molar-refractivity contribution in [2.24, 2.45) is 13.0 Å². The number of nitrogens with one attached hydrogen (secondary N) is 2. The normalized spacial score (nSPS) is 12.3. The van der Waals surface area contributed by atoms with Crippen molar-refractivity contribution in [1.29, 1.82) is 0 Å². The van der Waals surface area contributed by atoms with Gasteiger partial charge in [-0.1, -0.05) is 13.8 Å². The maximum atomic E-state index is 11.7. The predicted octanol–water partition coefficient (Wildman–Crippen LogP) is 1.22. The van der Waals surface area contributed by atoms with Crippen molar-refractivity contribution in [2.75, 3.05) is 11.9 Å². The smallest absolute Gasteiger partial charge is 0.319 e. The molecule has 2 amide bonds. The number of aliphatic hydroxyl groups is 1. The van der Waals surface area contributed by atoms with E-state index in [0.29, 0.717) is 24.2 Å². The first-order chi connectivity index (χ1) is 9.31. The summed E-state index contributed by atoms with van der Waals surface area (Å²) in [5, 5.41) is 15.0. The highest BCUT2D eigenvalue weighted by atomic mass is 16.3. The van der Waals surface area contributed by atoms with Gasteiger partial charge in [0.2, 0.25) is 0 Å². The van der Waals surface area contributed by atoms with E-state index in [-0.39, 0.29) is 17.5 Å². The molecule has 0 aliphatic rings. The Balaban J connectivity index is 2.51. The van der Waals surface area contributed by atoms with Gasteiger partial charge in [0.25, 0.3) is 5.56 Å². The molecule has 0 bridgehead atoms. The number of carbonyl (C=O) groups is 1. The second kappa shape index (κ2) is 7.09. The molecule has 0 fully saturated rings. The molecular weight excluding hydrogens is 258 g/mol. The summed E-state index contributed by atoms with van der Waals surface area (Å²) in [6.45, 7) is 6.02. The second-order valence-electron chi connectivity index (χ2n) is 5.30. The molecule has 3 N–H and O–H groups in total. The van der Waals surface area contributed by atoms with Crippen molar-refractivity contribution in [1.82, 2.24) is 9.88 Å². The molecule has 6 heteroatoms. The van der Waals surface area contributed by atoms with Crippen molar-refractivity contribution in [3.05, 3.63) is 28.2 Å². The molecule has 0 saturated heterocycles. The third-order valence-electron chi connectivity index (χ3n) is 3.18. The maximum absolute atomic E-state index is 11.7. The van der Waals surface area contributed by atoms with Gasteiger partial charge in [-0.05, 0) is 24.8 Å². The van der Waals surface area contributed by atoms with E-state index in [2.05, 4.69) is 10.6 Å². The third kappa shape index (κ3) is 4.70. The fraction of sp³-hybridized carbons (Fsp3) is 0.571. The summed E-state index contributed by atoms with van der Waals surface area (Å²) in [5.41, 5.74) is 1.19. The highest BCUT2D eigenvalue weighted by Gasteiger charge is 2.10. The molecule has 1 atom stereocenters. The van der Waals surface area contributed by atoms with Gasteiger partial charge in [0.05, 0.1) is 11.8 Å². The SMILES string of the molecule is Cc1cc(=O)n(C)cc1NC(=O)NCCC(O)C(C)C. The van der Waals surface area contributed by atoms with Crippen LogP contribution in [0.3, 0.4) is 0 Å². The Morgan fingerprint density at radius 3 is 2.70 bits per heavy atom. The fourth-order valence-electron chi connectivity index (χ4n) is 1.69. The number of aliphatic hydroxyl groups excluding tert-OH is 1. The van der Waals surface area contributed by atoms with Gasteiger partial charge >= 0.3 is 6.03 Å². The number of anilines is 1. The minimum absolute atomic E-state index is 0.117. The monoisotopic (exact) mass is 281 g/mol. The van der Waals surface area contributed by atoms with Gasteiger partial charge in [-0.2, -0.15) is 0 Å². The van der Waals surface area contributed by atoms with Gasteiger partial charge in [-0.25, -0.2) is 4.79 Å². The Hall–Kier alpha value is -1.82. The Labute approximate surface area is 118 Å². The van der Waals surface area contributed by atoms with Gasteiger partial charge in [0.1, 0.15) is 0 Å². The van der Waals surface area contributed by atoms with E-state index >= 15 is 0 Å². The van der Waals surface area contributed by atoms with Gasteiger partial charge in [-0.3, -0.25) is 4.79 Å². The van der Waals surface area contributed by atoms with Crippen molar-refractivity contribution >= 4 is 11.7 Å². The van der Waals surface area contributed by atoms with E-state index in [4.69, 9.17) is 0 Å². The van der Waals surface area contributed by atoms with Crippen LogP contribution in [0.2, 0.25) is 0 Å². The lowest BCUT2D eigenvalue weighted by Gasteiger charge is -2.15. The van der Waals surface area contributed by atoms with E-state index < -0.39 is 6.10 Å². The van der Waals surface area contributed by atoms with Crippen LogP contribution in [0.25, 0.3) is 0 Å². The first-order valence-electron chi connectivity index (χ1n) is 6.71. The Bertz CT molecular complexity index is 523. The van der Waals surface area contributed by atoms with Crippen molar-refractivity contribution in [3.63, 3.8) is 0 Å². The minimum Gasteiger partial charge on any atom is -0.393 e. The van der Waals surface area contributed by atoms with Gasteiger partial charge in [0, 0.05) is 25.9 Å². The second-order valence-corrected chi connectivity index (χ2v) is 5.30. The summed E-state index contributed by atoms with van der Waals surface area (Å²) >= 11 is 0. The molecule has 6 nitrogen and oxygen atoms in total. The standard InChI is InChI=1S/C14H23N3O3/c1-9(2)12(18)5-6-15-14(20)16-11-8-17(4)13(19)7-10(11)3/h7-9,12,18H,5-6H2,1-4H3,(H2,15,16,20). The number of urea groups is 1. The van der Waals surface area contributed by atoms with Crippen LogP contribution >= 0.6 is 0 Å². The molecule has 0 aromatic carbocycles. The summed E-state index contributed by atoms with van der Waals surface area (Å²) in [5.74, 6) is 0.172. The van der Waals surface area contributed by atoms with E-state index in [1.54, 1.807) is 20.2 Å². The summed E-state index contributed by atoms with van der Waals surface area (Å²) < 4.78 is 1.41. The number of nitrogens with zero attached hydrogens (tertiary/aromatic N) is 1. The van der Waals surface area contributed by atoms with Gasteiger partial charge in [-0.15, -0.1) is 0 Å². The predicted molar refractivity (Wildman–Crippen MR) is 78.9 cm³/mol. The zero-order valence-corrected chi connectivity index (χ0v) is 12.4. The lowest BCUT2D eigenvalue weighted by atomic mass is 10.0. The average molecular weight is 281 g/mol. The minimum atomic E-state index is -0.422. The first-order valence-corrected chi connectivity index (χ1v) is 6.71. The number of amides is 2. The Morgan fingerprint density at radius 2 is 2.10 bits per heavy atom. The molecule has 1 aromatic heterocycles. The highest BCUT2D eigenvalue weighted by Crippen LogP contribution is 2.10. The van der Waals surface area contributed by atoms with Crippen LogP contribution in [0, 0.1) is 12.8 Å². The van der Waals surface area contributed by atoms with Crippen LogP contribution in [-0.4, -0.2) is 28.4 Å². The molecule has 1 rings (SSSR count). The summed E-state index contributed by atoms with van der Waals surface area (Å²) in [6, 6.07) is 1.13. The summed E-state index contributed by atoms with van der Waals surface area (Å²) in [6.07, 6.45) is 1.67. The molecule has 0 spiro atoms. The molecule has 1 heterocycles. The van der Waals surface area contributed by atoms with E-state index in [1.165, 1.54) is 10.6 Å². The number of aromatic nitrogens is 1. The summed E-state index contributed by atoms with van der Waals surface area (Å²) in [7, 11) is 1.63. The van der Waals surface area contributed by atoms with E-state index in [9.17, 15) is 14.7 Å². The van der Waals surface area contributed by atoms with Crippen LogP contribution in [0.1, 0.15) is 25.8 Å². The molecule has 1 unspecified atom stereocenters. The number of aryl methyl sites for hydroxylation is 2. The zero-order chi connectivity index (χ0) is 15.3. The highest BCUT2D eigenvalue weighted by molar-refractivity contribution is 5.89. The van der Waals surface area contributed by atoms with E-state index in [0.717, 1.165) is 0 Å². The topological polar surface area (TPSA) is 83.4 Å². The molecule has 0 aliphatic carbocycles. The van der Waals surface area contributed by atoms with Crippen molar-refractivity contribution in [2.45, 2.75) is 33.3 Å². The van der Waals surface area contributed by atoms with Crippen molar-refractivity contribution in [3.8, 4) is 0 Å². The molecule has 1 aromatic rings. The number of pyridine rings is 1. The first kappa shape index (κ1) is 16.2. The van der Waals surface area contributed by atoms with Crippen LogP contribution in [0.4, 0.5) is 10.5 Å². The van der Waals surface area contributed by atoms with Crippen LogP contribution in [-0.2, 0) is 7.05 Å². The Kier molecular flexibility index (Phi) is 5.76. The molecular formula is C14H23N3O3. The van der Waals surface area contributed by atoms with Crippen LogP contribution in [0.5, 0.6) is 0 Å². The number of hydrogen-bond acceptors (Lipinski definition) is 3. The van der Waals surface area contributed by atoms with Gasteiger partial charge in [0.15, 0.2) is 0 Å². The van der Waals surface area contributed by atoms with Gasteiger partial charge < -0.3 is 20.3 Å². The zero-order valence-electron chi connectivity index (χ0n) is 12.4. The number of carbonyl (C=O) groups excluding carboxylic acids is 1. The molecule has 20 heavy (non-hydrogen) atoms. The molecule has 112 valence electrons. The largest absolute Gasteiger partial charge is 0.393 e. The maximum Gasteiger partial charge on any atom is 0.319 e. The third-order valence-corrected chi connectivity index (χ3v) is 3.18. The molecule has 0 aliphatic heterocycles. The fourth-order valence-corrected chi connectivity index (χ4v) is 1.69. The lowest BCUT2D eigenvalue weighted by Crippen LogP contribution is -2.33. The number of rotatable bonds is 5. The summed E-state index contributed by atoms with van der Waals surface area (Å²) in [4.78, 5) is 23.1. The Morgan fingerprint density at radius 1 is 1.45 bits per heavy atom. The molecule has 0 radical (unpaired) electrons. The van der Waals surface area contributed by atoms with Crippen LogP contribution in [0.15, 0.2) is 17.1 Å². The quantitative estimate of drug-likeness (QED) is 0.759. The molecule has 0 saturated carbocycles. The number of hydrogen-bond donors (Lipinski definition) is 3. The average Bonchev–Trinajstić information content (AvgIpc) is 2.35. The van der Waals surface area contributed by atoms with Crippen LogP contribution < -0.4 is 16.2 Å². The van der Waals surface area contributed by atoms with E-state index in [1.807, 2.05) is 13.8 Å². The van der Waals surface area contributed by atoms with Crippen molar-refractivity contribution < 1.29 is 9.90 Å². The lowest BCUT2D eigenvalue weighted by molar-refractivity contribution is 0.117.